The van der Waals surface area contributed by atoms with Gasteiger partial charge >= 0.3 is 0 Å². The van der Waals surface area contributed by atoms with Gasteiger partial charge < -0.3 is 10.4 Å². The summed E-state index contributed by atoms with van der Waals surface area (Å²) >= 11 is 0. The van der Waals surface area contributed by atoms with E-state index in [1.165, 1.54) is 0 Å². The van der Waals surface area contributed by atoms with Crippen molar-refractivity contribution in [3.8, 4) is 0 Å². The lowest BCUT2D eigenvalue weighted by Crippen LogP contribution is -2.35. The van der Waals surface area contributed by atoms with Gasteiger partial charge in [0.1, 0.15) is 6.61 Å². The van der Waals surface area contributed by atoms with Gasteiger partial charge in [-0.15, -0.1) is 0 Å². The Bertz CT molecular complexity index is 353. The van der Waals surface area contributed by atoms with Gasteiger partial charge in [0.2, 0.25) is 0 Å². The molecule has 0 radical (unpaired) electrons. The minimum absolute atomic E-state index is 0.391. The first-order valence-corrected chi connectivity index (χ1v) is 5.20. The maximum atomic E-state index is 12.7. The molecule has 2 N–H and O–H groups in total. The van der Waals surface area contributed by atoms with Crippen LogP contribution in [0.2, 0.25) is 0 Å². The maximum Gasteiger partial charge on any atom is 0.282 e. The second kappa shape index (κ2) is 5.37. The van der Waals surface area contributed by atoms with Gasteiger partial charge in [0.15, 0.2) is 0 Å². The first kappa shape index (κ1) is 13.1. The number of halogens is 2. The van der Waals surface area contributed by atoms with E-state index in [1.807, 2.05) is 32.0 Å². The quantitative estimate of drug-likeness (QED) is 0.809. The van der Waals surface area contributed by atoms with Crippen LogP contribution < -0.4 is 5.32 Å². The maximum absolute atomic E-state index is 12.7. The van der Waals surface area contributed by atoms with E-state index in [9.17, 15) is 8.78 Å². The topological polar surface area (TPSA) is 32.3 Å². The van der Waals surface area contributed by atoms with Gasteiger partial charge in [-0.3, -0.25) is 0 Å². The van der Waals surface area contributed by atoms with Gasteiger partial charge in [-0.25, -0.2) is 8.78 Å². The van der Waals surface area contributed by atoms with E-state index >= 15 is 0 Å². The monoisotopic (exact) mass is 229 g/mol. The molecule has 90 valence electrons. The summed E-state index contributed by atoms with van der Waals surface area (Å²) in [5.41, 5.74) is 3.24. The summed E-state index contributed by atoms with van der Waals surface area (Å²) in [5, 5.41) is 11.0. The molecule has 2 nitrogen and oxygen atoms in total. The van der Waals surface area contributed by atoms with Crippen LogP contribution in [0.1, 0.15) is 16.7 Å². The van der Waals surface area contributed by atoms with Gasteiger partial charge in [-0.05, 0) is 25.0 Å². The fourth-order valence-electron chi connectivity index (χ4n) is 1.48. The molecule has 0 amide bonds. The summed E-state index contributed by atoms with van der Waals surface area (Å²) in [6.07, 6.45) is 0. The average molecular weight is 229 g/mol. The van der Waals surface area contributed by atoms with Crippen LogP contribution in [-0.2, 0) is 6.54 Å². The third kappa shape index (κ3) is 3.87. The summed E-state index contributed by atoms with van der Waals surface area (Å²) in [4.78, 5) is 0. The Hall–Kier alpha value is -1.00. The molecule has 1 aromatic rings. The molecule has 1 aromatic carbocycles. The molecule has 1 rings (SSSR count). The summed E-state index contributed by atoms with van der Waals surface area (Å²) in [6, 6.07) is 5.89. The number of hydrogen-bond donors (Lipinski definition) is 2. The highest BCUT2D eigenvalue weighted by Gasteiger charge is 2.26. The Kier molecular flexibility index (Phi) is 4.38. The number of hydrogen-bond acceptors (Lipinski definition) is 2. The Morgan fingerprint density at radius 2 is 2.00 bits per heavy atom. The van der Waals surface area contributed by atoms with E-state index in [2.05, 4.69) is 5.32 Å². The van der Waals surface area contributed by atoms with E-state index in [4.69, 9.17) is 5.11 Å². The largest absolute Gasteiger partial charge is 0.390 e. The lowest BCUT2D eigenvalue weighted by Gasteiger charge is -2.14. The molecule has 0 saturated heterocycles. The number of benzene rings is 1. The normalized spacial score (nSPS) is 11.8. The molecule has 0 saturated carbocycles. The standard InChI is InChI=1S/C12H17F2NO/c1-9-3-4-11(10(2)5-9)6-15-7-12(13,14)8-16/h3-5,15-16H,6-8H2,1-2H3. The SMILES string of the molecule is Cc1ccc(CNCC(F)(F)CO)c(C)c1. The summed E-state index contributed by atoms with van der Waals surface area (Å²) < 4.78 is 25.4. The molecule has 0 aliphatic rings. The highest BCUT2D eigenvalue weighted by molar-refractivity contribution is 5.30. The lowest BCUT2D eigenvalue weighted by atomic mass is 10.1. The van der Waals surface area contributed by atoms with E-state index in [0.717, 1.165) is 16.7 Å². The van der Waals surface area contributed by atoms with Crippen LogP contribution in [0.15, 0.2) is 18.2 Å². The van der Waals surface area contributed by atoms with Crippen molar-refractivity contribution in [2.75, 3.05) is 13.2 Å². The van der Waals surface area contributed by atoms with Gasteiger partial charge in [-0.1, -0.05) is 23.8 Å². The van der Waals surface area contributed by atoms with Crippen molar-refractivity contribution < 1.29 is 13.9 Å². The molecule has 0 spiro atoms. The van der Waals surface area contributed by atoms with Crippen molar-refractivity contribution in [1.82, 2.24) is 5.32 Å². The van der Waals surface area contributed by atoms with Crippen LogP contribution in [0, 0.1) is 13.8 Å². The molecule has 4 heteroatoms. The van der Waals surface area contributed by atoms with Crippen LogP contribution in [0.5, 0.6) is 0 Å². The second-order valence-electron chi connectivity index (χ2n) is 4.05. The van der Waals surface area contributed by atoms with Crippen molar-refractivity contribution in [3.05, 3.63) is 34.9 Å². The molecule has 0 atom stereocenters. The first-order valence-electron chi connectivity index (χ1n) is 5.20. The van der Waals surface area contributed by atoms with Crippen LogP contribution in [0.3, 0.4) is 0 Å². The number of alkyl halides is 2. The molecule has 16 heavy (non-hydrogen) atoms. The summed E-state index contributed by atoms with van der Waals surface area (Å²) in [5.74, 6) is -3.04. The molecule has 0 aliphatic carbocycles. The Balaban J connectivity index is 2.49. The van der Waals surface area contributed by atoms with Gasteiger partial charge in [0, 0.05) is 6.54 Å². The lowest BCUT2D eigenvalue weighted by molar-refractivity contribution is -0.0477. The zero-order valence-corrected chi connectivity index (χ0v) is 9.56. The molecule has 0 aliphatic heterocycles. The van der Waals surface area contributed by atoms with Crippen molar-refractivity contribution in [1.29, 1.82) is 0 Å². The zero-order valence-electron chi connectivity index (χ0n) is 9.56. The van der Waals surface area contributed by atoms with Crippen LogP contribution >= 0.6 is 0 Å². The zero-order chi connectivity index (χ0) is 12.2. The molecule has 0 bridgehead atoms. The molecule has 0 heterocycles. The second-order valence-corrected chi connectivity index (χ2v) is 4.05. The minimum atomic E-state index is -3.04. The fourth-order valence-corrected chi connectivity index (χ4v) is 1.48. The minimum Gasteiger partial charge on any atom is -0.390 e. The van der Waals surface area contributed by atoms with Crippen molar-refractivity contribution >= 4 is 0 Å². The Morgan fingerprint density at radius 1 is 1.31 bits per heavy atom. The predicted molar refractivity (Wildman–Crippen MR) is 59.7 cm³/mol. The van der Waals surface area contributed by atoms with E-state index < -0.39 is 19.1 Å². The fraction of sp³-hybridized carbons (Fsp3) is 0.500. The molecule has 0 unspecified atom stereocenters. The average Bonchev–Trinajstić information content (AvgIpc) is 2.21. The Morgan fingerprint density at radius 3 is 2.56 bits per heavy atom. The highest BCUT2D eigenvalue weighted by atomic mass is 19.3. The van der Waals surface area contributed by atoms with Gasteiger partial charge in [-0.2, -0.15) is 0 Å². The third-order valence-corrected chi connectivity index (χ3v) is 2.43. The van der Waals surface area contributed by atoms with Crippen LogP contribution in [0.4, 0.5) is 8.78 Å². The molecule has 0 fully saturated rings. The van der Waals surface area contributed by atoms with Crippen molar-refractivity contribution in [2.24, 2.45) is 0 Å². The van der Waals surface area contributed by atoms with Crippen LogP contribution in [-0.4, -0.2) is 24.2 Å². The van der Waals surface area contributed by atoms with Gasteiger partial charge in [0.25, 0.3) is 5.92 Å². The summed E-state index contributed by atoms with van der Waals surface area (Å²) in [7, 11) is 0. The van der Waals surface area contributed by atoms with Gasteiger partial charge in [0.05, 0.1) is 6.54 Å². The van der Waals surface area contributed by atoms with E-state index in [1.54, 1.807) is 0 Å². The van der Waals surface area contributed by atoms with Crippen molar-refractivity contribution in [3.63, 3.8) is 0 Å². The molecular formula is C12H17F2NO. The number of aliphatic hydroxyl groups excluding tert-OH is 1. The Labute approximate surface area is 94.3 Å². The van der Waals surface area contributed by atoms with E-state index in [0.29, 0.717) is 6.54 Å². The summed E-state index contributed by atoms with van der Waals surface area (Å²) in [6.45, 7) is 2.71. The number of rotatable bonds is 5. The smallest absolute Gasteiger partial charge is 0.282 e. The van der Waals surface area contributed by atoms with Crippen molar-refractivity contribution in [2.45, 2.75) is 26.3 Å². The molecular weight excluding hydrogens is 212 g/mol. The third-order valence-electron chi connectivity index (χ3n) is 2.43. The van der Waals surface area contributed by atoms with E-state index in [-0.39, 0.29) is 0 Å². The first-order chi connectivity index (χ1) is 7.44. The highest BCUT2D eigenvalue weighted by Crippen LogP contribution is 2.12. The number of aryl methyl sites for hydroxylation is 2. The number of aliphatic hydroxyl groups is 1. The van der Waals surface area contributed by atoms with Crippen LogP contribution in [0.25, 0.3) is 0 Å². The predicted octanol–water partition coefficient (Wildman–Crippen LogP) is 2.02. The number of nitrogens with one attached hydrogen (secondary N) is 1. The molecule has 0 aromatic heterocycles.